The Morgan fingerprint density at radius 3 is 2.12 bits per heavy atom. The number of rotatable bonds is 3. The molecule has 0 unspecified atom stereocenters. The summed E-state index contributed by atoms with van der Waals surface area (Å²) in [4.78, 5) is 21.5. The monoisotopic (exact) mass is 321 g/mol. The van der Waals surface area contributed by atoms with Crippen LogP contribution in [0.1, 0.15) is 27.2 Å². The summed E-state index contributed by atoms with van der Waals surface area (Å²) in [5.41, 5.74) is 5.61. The van der Waals surface area contributed by atoms with Gasteiger partial charge in [0.2, 0.25) is 5.88 Å². The van der Waals surface area contributed by atoms with Crippen molar-refractivity contribution in [1.82, 2.24) is 9.97 Å². The maximum atomic E-state index is 12.6. The molecule has 0 fully saturated rings. The summed E-state index contributed by atoms with van der Waals surface area (Å²) in [5, 5.41) is 2.83. The fourth-order valence-electron chi connectivity index (χ4n) is 2.41. The maximum Gasteiger partial charge on any atom is 0.279 e. The zero-order valence-electron chi connectivity index (χ0n) is 14.2. The van der Waals surface area contributed by atoms with Crippen LogP contribution in [0.4, 0.5) is 5.69 Å². The van der Waals surface area contributed by atoms with Crippen LogP contribution in [0.15, 0.2) is 36.4 Å². The van der Waals surface area contributed by atoms with Crippen molar-refractivity contribution in [3.63, 3.8) is 0 Å². The fraction of sp³-hybridized carbons (Fsp3) is 0.211. The second kappa shape index (κ2) is 6.28. The number of hydrogen-bond donors (Lipinski definition) is 1. The van der Waals surface area contributed by atoms with Gasteiger partial charge in [-0.2, -0.15) is 0 Å². The molecule has 5 heteroatoms. The van der Waals surface area contributed by atoms with E-state index in [0.29, 0.717) is 16.7 Å². The van der Waals surface area contributed by atoms with E-state index in [9.17, 15) is 4.79 Å². The molecule has 0 saturated heterocycles. The van der Waals surface area contributed by atoms with E-state index >= 15 is 0 Å². The van der Waals surface area contributed by atoms with Crippen LogP contribution in [0.25, 0.3) is 11.0 Å². The van der Waals surface area contributed by atoms with Crippen molar-refractivity contribution >= 4 is 22.6 Å². The van der Waals surface area contributed by atoms with E-state index in [1.165, 1.54) is 7.11 Å². The Bertz CT molecular complexity index is 918. The Balaban J connectivity index is 2.01. The molecular weight excluding hydrogens is 302 g/mol. The molecule has 1 aromatic heterocycles. The van der Waals surface area contributed by atoms with Crippen molar-refractivity contribution in [2.45, 2.75) is 20.8 Å². The zero-order valence-corrected chi connectivity index (χ0v) is 14.2. The molecule has 2 aromatic carbocycles. The summed E-state index contributed by atoms with van der Waals surface area (Å²) in [7, 11) is 1.49. The Hall–Kier alpha value is -2.95. The highest BCUT2D eigenvalue weighted by Gasteiger charge is 2.18. The van der Waals surface area contributed by atoms with Crippen LogP contribution < -0.4 is 10.1 Å². The Labute approximate surface area is 140 Å². The van der Waals surface area contributed by atoms with E-state index in [0.717, 1.165) is 16.7 Å². The van der Waals surface area contributed by atoms with Gasteiger partial charge in [-0.05, 0) is 56.2 Å². The summed E-state index contributed by atoms with van der Waals surface area (Å²) in [6, 6.07) is 11.4. The smallest absolute Gasteiger partial charge is 0.279 e. The van der Waals surface area contributed by atoms with Gasteiger partial charge in [-0.3, -0.25) is 4.79 Å². The zero-order chi connectivity index (χ0) is 17.3. The molecule has 0 aliphatic rings. The number of fused-ring (bicyclic) bond motifs is 1. The first kappa shape index (κ1) is 15.9. The number of amides is 1. The summed E-state index contributed by atoms with van der Waals surface area (Å²) >= 11 is 0. The highest BCUT2D eigenvalue weighted by atomic mass is 16.5. The number of hydrogen-bond acceptors (Lipinski definition) is 4. The van der Waals surface area contributed by atoms with Crippen molar-refractivity contribution in [3.8, 4) is 5.88 Å². The highest BCUT2D eigenvalue weighted by molar-refractivity contribution is 6.05. The van der Waals surface area contributed by atoms with E-state index in [-0.39, 0.29) is 17.5 Å². The fourth-order valence-corrected chi connectivity index (χ4v) is 2.41. The van der Waals surface area contributed by atoms with Crippen LogP contribution >= 0.6 is 0 Å². The number of nitrogens with zero attached hydrogens (tertiary/aromatic N) is 2. The van der Waals surface area contributed by atoms with Crippen LogP contribution in [-0.2, 0) is 0 Å². The first-order chi connectivity index (χ1) is 11.5. The SMILES string of the molecule is COc1nc2cc(C)c(C)cc2nc1C(=O)Nc1ccc(C)cc1. The van der Waals surface area contributed by atoms with Gasteiger partial charge in [-0.1, -0.05) is 17.7 Å². The van der Waals surface area contributed by atoms with Gasteiger partial charge >= 0.3 is 0 Å². The molecule has 122 valence electrons. The first-order valence-corrected chi connectivity index (χ1v) is 7.69. The van der Waals surface area contributed by atoms with E-state index in [1.54, 1.807) is 0 Å². The predicted molar refractivity (Wildman–Crippen MR) is 94.7 cm³/mol. The van der Waals surface area contributed by atoms with Gasteiger partial charge in [0.05, 0.1) is 18.1 Å². The lowest BCUT2D eigenvalue weighted by atomic mass is 10.1. The number of nitrogens with one attached hydrogen (secondary N) is 1. The topological polar surface area (TPSA) is 64.1 Å². The van der Waals surface area contributed by atoms with Gasteiger partial charge in [0, 0.05) is 5.69 Å². The van der Waals surface area contributed by atoms with Crippen molar-refractivity contribution in [2.24, 2.45) is 0 Å². The number of carbonyl (C=O) groups excluding carboxylic acids is 1. The van der Waals surface area contributed by atoms with E-state index < -0.39 is 0 Å². The highest BCUT2D eigenvalue weighted by Crippen LogP contribution is 2.22. The number of ether oxygens (including phenoxy) is 1. The molecule has 1 N–H and O–H groups in total. The number of aromatic nitrogens is 2. The normalized spacial score (nSPS) is 10.7. The molecule has 3 rings (SSSR count). The van der Waals surface area contributed by atoms with Crippen LogP contribution in [0.2, 0.25) is 0 Å². The molecule has 0 radical (unpaired) electrons. The number of carbonyl (C=O) groups is 1. The molecule has 0 saturated carbocycles. The lowest BCUT2D eigenvalue weighted by molar-refractivity contribution is 0.101. The molecule has 0 aliphatic carbocycles. The second-order valence-electron chi connectivity index (χ2n) is 5.83. The van der Waals surface area contributed by atoms with Gasteiger partial charge < -0.3 is 10.1 Å². The van der Waals surface area contributed by atoms with Crippen LogP contribution in [0, 0.1) is 20.8 Å². The van der Waals surface area contributed by atoms with E-state index in [2.05, 4.69) is 15.3 Å². The average Bonchev–Trinajstić information content (AvgIpc) is 2.57. The summed E-state index contributed by atoms with van der Waals surface area (Å²) in [5.74, 6) is -0.126. The largest absolute Gasteiger partial charge is 0.479 e. The Morgan fingerprint density at radius 2 is 1.54 bits per heavy atom. The first-order valence-electron chi connectivity index (χ1n) is 7.69. The maximum absolute atomic E-state index is 12.6. The molecule has 0 atom stereocenters. The van der Waals surface area contributed by atoms with Gasteiger partial charge in [-0.15, -0.1) is 0 Å². The molecule has 24 heavy (non-hydrogen) atoms. The third kappa shape index (κ3) is 3.06. The predicted octanol–water partition coefficient (Wildman–Crippen LogP) is 3.82. The minimum atomic E-state index is -0.344. The van der Waals surface area contributed by atoms with Crippen LogP contribution in [0.3, 0.4) is 0 Å². The molecule has 5 nitrogen and oxygen atoms in total. The minimum Gasteiger partial charge on any atom is -0.479 e. The summed E-state index contributed by atoms with van der Waals surface area (Å²) in [6.45, 7) is 6.02. The van der Waals surface area contributed by atoms with Gasteiger partial charge in [0.15, 0.2) is 5.69 Å². The molecule has 0 spiro atoms. The van der Waals surface area contributed by atoms with Gasteiger partial charge in [-0.25, -0.2) is 9.97 Å². The standard InChI is InChI=1S/C19H19N3O2/c1-11-5-7-14(8-6-11)20-18(23)17-19(24-4)22-16-10-13(3)12(2)9-15(16)21-17/h5-10H,1-4H3,(H,20,23). The Kier molecular flexibility index (Phi) is 4.16. The van der Waals surface area contributed by atoms with Crippen LogP contribution in [0.5, 0.6) is 5.88 Å². The van der Waals surface area contributed by atoms with Crippen molar-refractivity contribution < 1.29 is 9.53 Å². The lowest BCUT2D eigenvalue weighted by Gasteiger charge is -2.10. The number of anilines is 1. The lowest BCUT2D eigenvalue weighted by Crippen LogP contribution is -2.16. The van der Waals surface area contributed by atoms with E-state index in [1.807, 2.05) is 57.2 Å². The third-order valence-electron chi connectivity index (χ3n) is 3.97. The van der Waals surface area contributed by atoms with Crippen molar-refractivity contribution in [3.05, 3.63) is 58.8 Å². The van der Waals surface area contributed by atoms with Crippen molar-refractivity contribution in [2.75, 3.05) is 12.4 Å². The minimum absolute atomic E-state index is 0.175. The van der Waals surface area contributed by atoms with Gasteiger partial charge in [0.25, 0.3) is 5.91 Å². The summed E-state index contributed by atoms with van der Waals surface area (Å²) < 4.78 is 5.27. The number of benzene rings is 2. The molecule has 1 amide bonds. The number of methoxy groups -OCH3 is 1. The molecular formula is C19H19N3O2. The molecule has 0 bridgehead atoms. The third-order valence-corrected chi connectivity index (χ3v) is 3.97. The molecule has 1 heterocycles. The summed E-state index contributed by atoms with van der Waals surface area (Å²) in [6.07, 6.45) is 0. The molecule has 3 aromatic rings. The van der Waals surface area contributed by atoms with E-state index in [4.69, 9.17) is 4.74 Å². The quantitative estimate of drug-likeness (QED) is 0.796. The second-order valence-corrected chi connectivity index (χ2v) is 5.83. The van der Waals surface area contributed by atoms with Crippen molar-refractivity contribution in [1.29, 1.82) is 0 Å². The van der Waals surface area contributed by atoms with Gasteiger partial charge in [0.1, 0.15) is 0 Å². The molecule has 0 aliphatic heterocycles. The van der Waals surface area contributed by atoms with Crippen LogP contribution in [-0.4, -0.2) is 23.0 Å². The number of aryl methyl sites for hydroxylation is 3. The Morgan fingerprint density at radius 1 is 0.958 bits per heavy atom. The average molecular weight is 321 g/mol.